The number of hydrogen-bond donors (Lipinski definition) is 1. The van der Waals surface area contributed by atoms with E-state index in [9.17, 15) is 9.00 Å². The van der Waals surface area contributed by atoms with Crippen LogP contribution >= 0.6 is 22.6 Å². The van der Waals surface area contributed by atoms with Gasteiger partial charge in [0.1, 0.15) is 0 Å². The molecule has 0 fully saturated rings. The summed E-state index contributed by atoms with van der Waals surface area (Å²) in [7, 11) is -1.49. The van der Waals surface area contributed by atoms with Gasteiger partial charge in [0.2, 0.25) is 0 Å². The predicted octanol–water partition coefficient (Wildman–Crippen LogP) is 0.696. The summed E-state index contributed by atoms with van der Waals surface area (Å²) in [6.07, 6.45) is 1.31. The van der Waals surface area contributed by atoms with E-state index in [1.165, 1.54) is 6.08 Å². The minimum Gasteiger partial charge on any atom is -0.269 e. The number of amides is 1. The number of hydrogen-bond acceptors (Lipinski definition) is 3. The molecule has 7 heteroatoms. The van der Waals surface area contributed by atoms with E-state index in [-0.39, 0.29) is 5.91 Å². The zero-order valence-electron chi connectivity index (χ0n) is 8.07. The Bertz CT molecular complexity index is 506. The summed E-state index contributed by atoms with van der Waals surface area (Å²) in [6.45, 7) is 3.75. The number of halogens is 1. The van der Waals surface area contributed by atoms with Crippen molar-refractivity contribution < 1.29 is 9.00 Å². The van der Waals surface area contributed by atoms with E-state index < -0.39 is 11.0 Å². The van der Waals surface area contributed by atoms with Crippen LogP contribution in [0.3, 0.4) is 0 Å². The van der Waals surface area contributed by atoms with Crippen molar-refractivity contribution in [2.75, 3.05) is 0 Å². The molecule has 1 aliphatic rings. The van der Waals surface area contributed by atoms with Crippen molar-refractivity contribution in [3.63, 3.8) is 0 Å². The summed E-state index contributed by atoms with van der Waals surface area (Å²) < 4.78 is 16.4. The lowest BCUT2D eigenvalue weighted by Gasteiger charge is -2.02. The van der Waals surface area contributed by atoms with Crippen molar-refractivity contribution in [1.82, 2.24) is 14.5 Å². The normalized spacial score (nSPS) is 20.3. The Kier molecular flexibility index (Phi) is 2.67. The lowest BCUT2D eigenvalue weighted by molar-refractivity contribution is -0.114. The number of rotatable bonds is 1. The van der Waals surface area contributed by atoms with Gasteiger partial charge in [0.25, 0.3) is 5.91 Å². The first-order valence-corrected chi connectivity index (χ1v) is 6.39. The molecule has 0 aromatic carbocycles. The molecule has 80 valence electrons. The molecule has 2 heterocycles. The summed E-state index contributed by atoms with van der Waals surface area (Å²) in [4.78, 5) is 11.0. The zero-order chi connectivity index (χ0) is 11.2. The fourth-order valence-corrected chi connectivity index (χ4v) is 2.55. The SMILES string of the molecule is Cc1nn(C2=CC(=O)NS2=O)c(C)c1I. The summed E-state index contributed by atoms with van der Waals surface area (Å²) in [5, 5.41) is 4.62. The Morgan fingerprint density at radius 3 is 2.60 bits per heavy atom. The van der Waals surface area contributed by atoms with E-state index in [0.717, 1.165) is 15.0 Å². The van der Waals surface area contributed by atoms with Crippen LogP contribution in [-0.4, -0.2) is 19.9 Å². The van der Waals surface area contributed by atoms with Gasteiger partial charge in [-0.3, -0.25) is 9.52 Å². The minimum absolute atomic E-state index is 0.342. The lowest BCUT2D eigenvalue weighted by atomic mass is 10.4. The third-order valence-corrected chi connectivity index (χ3v) is 4.67. The molecule has 1 aliphatic heterocycles. The summed E-state index contributed by atoms with van der Waals surface area (Å²) in [5.74, 6) is -0.342. The van der Waals surface area contributed by atoms with Gasteiger partial charge in [0.05, 0.1) is 15.0 Å². The van der Waals surface area contributed by atoms with Gasteiger partial charge < -0.3 is 0 Å². The van der Waals surface area contributed by atoms with Gasteiger partial charge >= 0.3 is 0 Å². The molecule has 2 rings (SSSR count). The van der Waals surface area contributed by atoms with Gasteiger partial charge in [0.15, 0.2) is 16.0 Å². The van der Waals surface area contributed by atoms with Gasteiger partial charge in [-0.2, -0.15) is 5.10 Å². The molecule has 1 unspecified atom stereocenters. The van der Waals surface area contributed by atoms with Gasteiger partial charge in [-0.15, -0.1) is 0 Å². The van der Waals surface area contributed by atoms with E-state index in [4.69, 9.17) is 0 Å². The zero-order valence-corrected chi connectivity index (χ0v) is 11.0. The maximum atomic E-state index is 11.5. The monoisotopic (exact) mass is 337 g/mol. The molecule has 0 saturated heterocycles. The molecule has 0 bridgehead atoms. The summed E-state index contributed by atoms with van der Waals surface area (Å²) >= 11 is 2.17. The Morgan fingerprint density at radius 2 is 2.20 bits per heavy atom. The average Bonchev–Trinajstić information content (AvgIpc) is 2.61. The van der Waals surface area contributed by atoms with Gasteiger partial charge in [-0.25, -0.2) is 8.89 Å². The van der Waals surface area contributed by atoms with Crippen LogP contribution in [0.4, 0.5) is 0 Å². The topological polar surface area (TPSA) is 64.0 Å². The Labute approximate surface area is 103 Å². The van der Waals surface area contributed by atoms with Crippen molar-refractivity contribution in [2.45, 2.75) is 13.8 Å². The molecule has 1 N–H and O–H groups in total. The predicted molar refractivity (Wildman–Crippen MR) is 65.0 cm³/mol. The number of carbonyl (C=O) groups is 1. The first-order chi connectivity index (χ1) is 7.00. The van der Waals surface area contributed by atoms with Crippen molar-refractivity contribution >= 4 is 44.5 Å². The Hall–Kier alpha value is -0.700. The number of nitrogens with one attached hydrogen (secondary N) is 1. The molecule has 0 radical (unpaired) electrons. The molecule has 0 saturated carbocycles. The molecule has 0 aliphatic carbocycles. The highest BCUT2D eigenvalue weighted by Crippen LogP contribution is 2.21. The minimum atomic E-state index is -1.49. The van der Waals surface area contributed by atoms with Crippen LogP contribution in [0.1, 0.15) is 11.4 Å². The molecule has 5 nitrogen and oxygen atoms in total. The van der Waals surface area contributed by atoms with Crippen LogP contribution in [0.2, 0.25) is 0 Å². The fourth-order valence-electron chi connectivity index (χ4n) is 1.32. The highest BCUT2D eigenvalue weighted by molar-refractivity contribution is 14.1. The lowest BCUT2D eigenvalue weighted by Crippen LogP contribution is -2.17. The second-order valence-electron chi connectivity index (χ2n) is 3.11. The van der Waals surface area contributed by atoms with Crippen LogP contribution < -0.4 is 4.72 Å². The van der Waals surface area contributed by atoms with E-state index in [2.05, 4.69) is 32.4 Å². The molecular weight excluding hydrogens is 329 g/mol. The maximum absolute atomic E-state index is 11.5. The van der Waals surface area contributed by atoms with Crippen LogP contribution in [0, 0.1) is 17.4 Å². The van der Waals surface area contributed by atoms with Crippen molar-refractivity contribution in [1.29, 1.82) is 0 Å². The largest absolute Gasteiger partial charge is 0.269 e. The summed E-state index contributed by atoms with van der Waals surface area (Å²) in [6, 6.07) is 0. The smallest absolute Gasteiger partial charge is 0.258 e. The van der Waals surface area contributed by atoms with Crippen molar-refractivity contribution in [2.24, 2.45) is 0 Å². The van der Waals surface area contributed by atoms with Crippen molar-refractivity contribution in [3.05, 3.63) is 21.0 Å². The second kappa shape index (κ2) is 3.71. The standard InChI is InChI=1S/C8H8IN3O2S/c1-4-8(9)5(2)12(10-4)7-3-6(13)11-15(7)14/h3H,1-2H3,(H,11,13). The number of carbonyl (C=O) groups excluding carboxylic acids is 1. The number of nitrogens with zero attached hydrogens (tertiary/aromatic N) is 2. The number of aromatic nitrogens is 2. The molecule has 15 heavy (non-hydrogen) atoms. The van der Waals surface area contributed by atoms with E-state index >= 15 is 0 Å². The van der Waals surface area contributed by atoms with Crippen LogP contribution in [0.25, 0.3) is 5.03 Å². The van der Waals surface area contributed by atoms with Crippen molar-refractivity contribution in [3.8, 4) is 0 Å². The first-order valence-electron chi connectivity index (χ1n) is 4.17. The van der Waals surface area contributed by atoms with Crippen LogP contribution in [0.5, 0.6) is 0 Å². The average molecular weight is 337 g/mol. The van der Waals surface area contributed by atoms with Gasteiger partial charge in [-0.1, -0.05) is 0 Å². The highest BCUT2D eigenvalue weighted by atomic mass is 127. The number of aryl methyl sites for hydroxylation is 1. The third kappa shape index (κ3) is 1.73. The molecule has 1 aromatic rings. The Morgan fingerprint density at radius 1 is 1.53 bits per heavy atom. The van der Waals surface area contributed by atoms with Crippen LogP contribution in [0.15, 0.2) is 6.08 Å². The van der Waals surface area contributed by atoms with E-state index in [0.29, 0.717) is 5.03 Å². The quantitative estimate of drug-likeness (QED) is 0.768. The van der Waals surface area contributed by atoms with E-state index in [1.807, 2.05) is 13.8 Å². The second-order valence-corrected chi connectivity index (χ2v) is 5.35. The fraction of sp³-hybridized carbons (Fsp3) is 0.250. The molecule has 1 amide bonds. The molecule has 1 aromatic heterocycles. The maximum Gasteiger partial charge on any atom is 0.258 e. The van der Waals surface area contributed by atoms with Gasteiger partial charge in [-0.05, 0) is 36.4 Å². The third-order valence-electron chi connectivity index (χ3n) is 2.05. The van der Waals surface area contributed by atoms with E-state index in [1.54, 1.807) is 4.68 Å². The molecule has 1 atom stereocenters. The van der Waals surface area contributed by atoms with Crippen LogP contribution in [-0.2, 0) is 15.8 Å². The molecular formula is C8H8IN3O2S. The first kappa shape index (κ1) is 10.8. The summed E-state index contributed by atoms with van der Waals surface area (Å²) in [5.41, 5.74) is 1.76. The highest BCUT2D eigenvalue weighted by Gasteiger charge is 2.24. The Balaban J connectivity index is 2.55. The van der Waals surface area contributed by atoms with Gasteiger partial charge in [0, 0.05) is 6.08 Å². The molecule has 0 spiro atoms.